The molecule has 1 rings (SSSR count). The van der Waals surface area contributed by atoms with E-state index in [2.05, 4.69) is 10.6 Å². The molecule has 5 heteroatoms. The Kier molecular flexibility index (Phi) is 5.10. The van der Waals surface area contributed by atoms with Gasteiger partial charge in [0.05, 0.1) is 0 Å². The van der Waals surface area contributed by atoms with Crippen LogP contribution < -0.4 is 16.4 Å². The third-order valence-electron chi connectivity index (χ3n) is 2.66. The summed E-state index contributed by atoms with van der Waals surface area (Å²) < 4.78 is 0. The van der Waals surface area contributed by atoms with Gasteiger partial charge in [0.1, 0.15) is 0 Å². The van der Waals surface area contributed by atoms with Gasteiger partial charge < -0.3 is 16.4 Å². The molecule has 0 aliphatic heterocycles. The van der Waals surface area contributed by atoms with Crippen LogP contribution in [0.1, 0.15) is 25.7 Å². The van der Waals surface area contributed by atoms with Gasteiger partial charge in [0.15, 0.2) is 0 Å². The van der Waals surface area contributed by atoms with Crippen molar-refractivity contribution in [1.29, 1.82) is 0 Å². The average Bonchev–Trinajstić information content (AvgIpc) is 2.75. The highest BCUT2D eigenvalue weighted by Crippen LogP contribution is 2.23. The number of rotatable bonds is 4. The molecule has 1 aliphatic carbocycles. The molecule has 5 nitrogen and oxygen atoms in total. The smallest absolute Gasteiger partial charge is 0.309 e. The molecule has 4 N–H and O–H groups in total. The number of nitrogens with two attached hydrogens (primary N) is 1. The second-order valence-corrected chi connectivity index (χ2v) is 3.91. The number of carbonyl (C=O) groups is 2. The summed E-state index contributed by atoms with van der Waals surface area (Å²) in [6, 6.07) is 0. The van der Waals surface area contributed by atoms with Crippen molar-refractivity contribution in [2.24, 2.45) is 11.7 Å². The van der Waals surface area contributed by atoms with Crippen molar-refractivity contribution in [3.05, 3.63) is 0 Å². The molecule has 0 bridgehead atoms. The first-order valence-corrected chi connectivity index (χ1v) is 5.50. The summed E-state index contributed by atoms with van der Waals surface area (Å²) >= 11 is 0. The molecule has 0 unspecified atom stereocenters. The summed E-state index contributed by atoms with van der Waals surface area (Å²) in [5.41, 5.74) is 5.20. The lowest BCUT2D eigenvalue weighted by Gasteiger charge is -2.10. The van der Waals surface area contributed by atoms with Gasteiger partial charge >= 0.3 is 11.8 Å². The second kappa shape index (κ2) is 6.40. The van der Waals surface area contributed by atoms with Gasteiger partial charge in [-0.1, -0.05) is 12.8 Å². The van der Waals surface area contributed by atoms with E-state index < -0.39 is 11.8 Å². The van der Waals surface area contributed by atoms with E-state index in [4.69, 9.17) is 5.73 Å². The van der Waals surface area contributed by atoms with E-state index in [9.17, 15) is 9.59 Å². The van der Waals surface area contributed by atoms with E-state index >= 15 is 0 Å². The van der Waals surface area contributed by atoms with Gasteiger partial charge in [-0.3, -0.25) is 9.59 Å². The van der Waals surface area contributed by atoms with Crippen LogP contribution in [0.5, 0.6) is 0 Å². The van der Waals surface area contributed by atoms with Crippen molar-refractivity contribution in [3.63, 3.8) is 0 Å². The molecule has 86 valence electrons. The van der Waals surface area contributed by atoms with Gasteiger partial charge in [-0.25, -0.2) is 0 Å². The van der Waals surface area contributed by atoms with Crippen LogP contribution in [0, 0.1) is 5.92 Å². The molecule has 0 atom stereocenters. The van der Waals surface area contributed by atoms with Gasteiger partial charge in [-0.2, -0.15) is 0 Å². The molecule has 0 aromatic rings. The average molecular weight is 213 g/mol. The van der Waals surface area contributed by atoms with Crippen molar-refractivity contribution >= 4 is 11.8 Å². The highest BCUT2D eigenvalue weighted by Gasteiger charge is 2.18. The lowest BCUT2D eigenvalue weighted by molar-refractivity contribution is -0.139. The molecule has 1 aliphatic rings. The number of hydrogen-bond acceptors (Lipinski definition) is 3. The number of nitrogens with one attached hydrogen (secondary N) is 2. The van der Waals surface area contributed by atoms with Crippen molar-refractivity contribution in [1.82, 2.24) is 10.6 Å². The molecule has 0 spiro atoms. The Balaban J connectivity index is 2.14. The van der Waals surface area contributed by atoms with E-state index in [0.29, 0.717) is 25.6 Å². The van der Waals surface area contributed by atoms with Crippen molar-refractivity contribution in [3.8, 4) is 0 Å². The Morgan fingerprint density at radius 1 is 1.13 bits per heavy atom. The van der Waals surface area contributed by atoms with Crippen LogP contribution >= 0.6 is 0 Å². The summed E-state index contributed by atoms with van der Waals surface area (Å²) in [5.74, 6) is -0.579. The van der Waals surface area contributed by atoms with Gasteiger partial charge in [0, 0.05) is 19.6 Å². The predicted molar refractivity (Wildman–Crippen MR) is 57.0 cm³/mol. The first-order chi connectivity index (χ1) is 7.24. The fourth-order valence-corrected chi connectivity index (χ4v) is 1.80. The Hall–Kier alpha value is -1.10. The van der Waals surface area contributed by atoms with Crippen LogP contribution in [0.4, 0.5) is 0 Å². The Morgan fingerprint density at radius 2 is 1.73 bits per heavy atom. The predicted octanol–water partition coefficient (Wildman–Crippen LogP) is -0.632. The molecule has 0 aromatic carbocycles. The van der Waals surface area contributed by atoms with E-state index in [0.717, 1.165) is 12.8 Å². The summed E-state index contributed by atoms with van der Waals surface area (Å²) in [6.07, 6.45) is 4.79. The van der Waals surface area contributed by atoms with Crippen molar-refractivity contribution in [2.75, 3.05) is 19.6 Å². The van der Waals surface area contributed by atoms with Gasteiger partial charge in [-0.05, 0) is 18.8 Å². The zero-order valence-electron chi connectivity index (χ0n) is 8.92. The third kappa shape index (κ3) is 4.29. The van der Waals surface area contributed by atoms with Crippen LogP contribution in [-0.2, 0) is 9.59 Å². The largest absolute Gasteiger partial charge is 0.348 e. The van der Waals surface area contributed by atoms with Gasteiger partial charge in [0.2, 0.25) is 0 Å². The molecule has 2 amide bonds. The highest BCUT2D eigenvalue weighted by molar-refractivity contribution is 6.35. The van der Waals surface area contributed by atoms with Crippen LogP contribution in [0.2, 0.25) is 0 Å². The number of amides is 2. The van der Waals surface area contributed by atoms with E-state index in [1.165, 1.54) is 12.8 Å². The summed E-state index contributed by atoms with van der Waals surface area (Å²) in [7, 11) is 0. The Labute approximate surface area is 89.8 Å². The van der Waals surface area contributed by atoms with Crippen LogP contribution in [-0.4, -0.2) is 31.4 Å². The normalized spacial score (nSPS) is 16.3. The Morgan fingerprint density at radius 3 is 2.33 bits per heavy atom. The van der Waals surface area contributed by atoms with Gasteiger partial charge in [0.25, 0.3) is 0 Å². The summed E-state index contributed by atoms with van der Waals surface area (Å²) in [4.78, 5) is 22.4. The fourth-order valence-electron chi connectivity index (χ4n) is 1.80. The lowest BCUT2D eigenvalue weighted by atomic mass is 10.1. The topological polar surface area (TPSA) is 84.2 Å². The summed E-state index contributed by atoms with van der Waals surface area (Å²) in [6.45, 7) is 1.31. The van der Waals surface area contributed by atoms with Crippen molar-refractivity contribution < 1.29 is 9.59 Å². The second-order valence-electron chi connectivity index (χ2n) is 3.91. The maximum absolute atomic E-state index is 11.2. The SMILES string of the molecule is NCCNC(=O)C(=O)NCC1CCCC1. The maximum Gasteiger partial charge on any atom is 0.309 e. The van der Waals surface area contributed by atoms with Crippen LogP contribution in [0.25, 0.3) is 0 Å². The Bertz CT molecular complexity index is 225. The zero-order valence-corrected chi connectivity index (χ0v) is 8.92. The van der Waals surface area contributed by atoms with E-state index in [1.54, 1.807) is 0 Å². The van der Waals surface area contributed by atoms with E-state index in [-0.39, 0.29) is 0 Å². The minimum absolute atomic E-state index is 0.343. The molecule has 0 radical (unpaired) electrons. The molecule has 0 heterocycles. The first-order valence-electron chi connectivity index (χ1n) is 5.50. The van der Waals surface area contributed by atoms with Crippen LogP contribution in [0.3, 0.4) is 0 Å². The quantitative estimate of drug-likeness (QED) is 0.543. The molecule has 0 saturated heterocycles. The van der Waals surface area contributed by atoms with Crippen LogP contribution in [0.15, 0.2) is 0 Å². The minimum Gasteiger partial charge on any atom is -0.348 e. The molecule has 0 aromatic heterocycles. The molecular formula is C10H19N3O2. The maximum atomic E-state index is 11.2. The molecular weight excluding hydrogens is 194 g/mol. The first kappa shape index (κ1) is 12.0. The molecule has 1 saturated carbocycles. The highest BCUT2D eigenvalue weighted by atomic mass is 16.2. The minimum atomic E-state index is -0.585. The standard InChI is InChI=1S/C10H19N3O2/c11-5-6-12-9(14)10(15)13-7-8-3-1-2-4-8/h8H,1-7,11H2,(H,12,14)(H,13,15). The zero-order chi connectivity index (χ0) is 11.1. The molecule has 1 fully saturated rings. The summed E-state index contributed by atoms with van der Waals surface area (Å²) in [5, 5.41) is 5.07. The number of carbonyl (C=O) groups excluding carboxylic acids is 2. The number of hydrogen-bond donors (Lipinski definition) is 3. The third-order valence-corrected chi connectivity index (χ3v) is 2.66. The van der Waals surface area contributed by atoms with Crippen molar-refractivity contribution in [2.45, 2.75) is 25.7 Å². The van der Waals surface area contributed by atoms with E-state index in [1.807, 2.05) is 0 Å². The fraction of sp³-hybridized carbons (Fsp3) is 0.800. The monoisotopic (exact) mass is 213 g/mol. The van der Waals surface area contributed by atoms with Gasteiger partial charge in [-0.15, -0.1) is 0 Å². The lowest BCUT2D eigenvalue weighted by Crippen LogP contribution is -2.42. The molecule has 15 heavy (non-hydrogen) atoms.